The highest BCUT2D eigenvalue weighted by Crippen LogP contribution is 2.21. The van der Waals surface area contributed by atoms with Gasteiger partial charge >= 0.3 is 12.1 Å². The minimum absolute atomic E-state index is 0.0606. The van der Waals surface area contributed by atoms with E-state index >= 15 is 0 Å². The lowest BCUT2D eigenvalue weighted by Gasteiger charge is -2.37. The molecule has 1 fully saturated rings. The van der Waals surface area contributed by atoms with Crippen LogP contribution in [0.2, 0.25) is 0 Å². The van der Waals surface area contributed by atoms with Crippen molar-refractivity contribution in [2.45, 2.75) is 38.9 Å². The molecule has 1 aliphatic heterocycles. The van der Waals surface area contributed by atoms with Crippen LogP contribution in [0.25, 0.3) is 0 Å². The Balaban J connectivity index is 2.68. The van der Waals surface area contributed by atoms with Crippen molar-refractivity contribution in [1.29, 1.82) is 0 Å². The predicted molar refractivity (Wildman–Crippen MR) is 69.6 cm³/mol. The molecule has 1 rings (SSSR count). The van der Waals surface area contributed by atoms with Crippen LogP contribution in [-0.4, -0.2) is 53.7 Å². The molecule has 21 heavy (non-hydrogen) atoms. The zero-order valence-electron chi connectivity index (χ0n) is 12.1. The number of aliphatic carboxylic acids is 1. The van der Waals surface area contributed by atoms with Gasteiger partial charge in [0, 0.05) is 25.6 Å². The van der Waals surface area contributed by atoms with E-state index in [9.17, 15) is 22.8 Å². The third-order valence-corrected chi connectivity index (χ3v) is 3.33. The van der Waals surface area contributed by atoms with Crippen LogP contribution >= 0.6 is 0 Å². The number of likely N-dealkylation sites (tertiary alicyclic amines) is 1. The second-order valence-corrected chi connectivity index (χ2v) is 5.86. The number of hydrogen-bond donors (Lipinski definition) is 2. The van der Waals surface area contributed by atoms with Gasteiger partial charge in [0.1, 0.15) is 0 Å². The average Bonchev–Trinajstić information content (AvgIpc) is 2.34. The number of carboxylic acid groups (broad SMARTS) is 1. The zero-order chi connectivity index (χ0) is 16.2. The first kappa shape index (κ1) is 17.7. The molecule has 2 N–H and O–H groups in total. The van der Waals surface area contributed by atoms with E-state index in [4.69, 9.17) is 5.11 Å². The van der Waals surface area contributed by atoms with Crippen LogP contribution in [0.15, 0.2) is 0 Å². The van der Waals surface area contributed by atoms with Crippen molar-refractivity contribution in [2.75, 3.05) is 19.6 Å². The van der Waals surface area contributed by atoms with E-state index in [0.717, 1.165) is 0 Å². The van der Waals surface area contributed by atoms with Crippen molar-refractivity contribution in [1.82, 2.24) is 10.2 Å². The Morgan fingerprint density at radius 2 is 1.95 bits per heavy atom. The second-order valence-electron chi connectivity index (χ2n) is 5.86. The molecule has 8 heteroatoms. The minimum atomic E-state index is -4.36. The van der Waals surface area contributed by atoms with Gasteiger partial charge in [-0.3, -0.25) is 9.59 Å². The summed E-state index contributed by atoms with van der Waals surface area (Å²) in [5.74, 6) is -2.02. The number of rotatable bonds is 5. The summed E-state index contributed by atoms with van der Waals surface area (Å²) in [7, 11) is 0. The number of carbonyl (C=O) groups excluding carboxylic acids is 1. The highest BCUT2D eigenvalue weighted by atomic mass is 19.4. The smallest absolute Gasteiger partial charge is 0.401 e. The molecule has 122 valence electrons. The molecule has 0 spiro atoms. The number of nitrogens with one attached hydrogen (secondary N) is 1. The fourth-order valence-corrected chi connectivity index (χ4v) is 2.37. The van der Waals surface area contributed by atoms with Gasteiger partial charge in [-0.2, -0.15) is 13.2 Å². The monoisotopic (exact) mass is 310 g/mol. The third kappa shape index (κ3) is 6.33. The maximum atomic E-state index is 12.2. The number of piperidine rings is 1. The molecule has 1 heterocycles. The lowest BCUT2D eigenvalue weighted by Crippen LogP contribution is -2.54. The van der Waals surface area contributed by atoms with Crippen molar-refractivity contribution >= 4 is 11.9 Å². The summed E-state index contributed by atoms with van der Waals surface area (Å²) in [6, 6.07) is -0.655. The molecule has 1 aliphatic rings. The molecule has 0 bridgehead atoms. The van der Waals surface area contributed by atoms with Gasteiger partial charge in [0.15, 0.2) is 0 Å². The molecular weight excluding hydrogens is 289 g/mol. The van der Waals surface area contributed by atoms with Crippen molar-refractivity contribution in [3.63, 3.8) is 0 Å². The van der Waals surface area contributed by atoms with E-state index in [0.29, 0.717) is 0 Å². The summed E-state index contributed by atoms with van der Waals surface area (Å²) >= 11 is 0. The Morgan fingerprint density at radius 3 is 2.43 bits per heavy atom. The number of halogens is 3. The molecular formula is C13H21F3N2O3. The largest absolute Gasteiger partial charge is 0.481 e. The highest BCUT2D eigenvalue weighted by molar-refractivity contribution is 5.78. The van der Waals surface area contributed by atoms with Crippen molar-refractivity contribution in [3.05, 3.63) is 0 Å². The topological polar surface area (TPSA) is 69.6 Å². The van der Waals surface area contributed by atoms with E-state index < -0.39 is 30.7 Å². The summed E-state index contributed by atoms with van der Waals surface area (Å²) in [6.07, 6.45) is -4.00. The Bertz CT molecular complexity index is 385. The Kier molecular flexibility index (Phi) is 6.00. The fraction of sp³-hybridized carbons (Fsp3) is 0.846. The number of alkyl halides is 3. The van der Waals surface area contributed by atoms with Crippen LogP contribution in [0.4, 0.5) is 13.2 Å². The molecule has 5 nitrogen and oxygen atoms in total. The lowest BCUT2D eigenvalue weighted by molar-refractivity contribution is -0.147. The van der Waals surface area contributed by atoms with E-state index in [1.165, 1.54) is 4.90 Å². The van der Waals surface area contributed by atoms with Gasteiger partial charge < -0.3 is 15.3 Å². The van der Waals surface area contributed by atoms with Gasteiger partial charge in [-0.05, 0) is 12.3 Å². The van der Waals surface area contributed by atoms with Crippen LogP contribution in [0.1, 0.15) is 26.7 Å². The number of carboxylic acids is 1. The van der Waals surface area contributed by atoms with Crippen LogP contribution in [-0.2, 0) is 9.59 Å². The number of amides is 1. The first-order chi connectivity index (χ1) is 9.58. The van der Waals surface area contributed by atoms with Crippen LogP contribution in [0.5, 0.6) is 0 Å². The molecule has 0 aromatic carbocycles. The summed E-state index contributed by atoms with van der Waals surface area (Å²) in [6.45, 7) is 2.71. The van der Waals surface area contributed by atoms with Crippen LogP contribution in [0.3, 0.4) is 0 Å². The average molecular weight is 310 g/mol. The van der Waals surface area contributed by atoms with Gasteiger partial charge in [0.2, 0.25) is 5.91 Å². The molecule has 0 aromatic heterocycles. The molecule has 0 aliphatic carbocycles. The number of nitrogens with zero attached hydrogens (tertiary/aromatic N) is 1. The van der Waals surface area contributed by atoms with Crippen LogP contribution < -0.4 is 5.32 Å². The van der Waals surface area contributed by atoms with Gasteiger partial charge in [0.25, 0.3) is 0 Å². The maximum Gasteiger partial charge on any atom is 0.401 e. The van der Waals surface area contributed by atoms with Crippen LogP contribution in [0, 0.1) is 11.8 Å². The zero-order valence-corrected chi connectivity index (χ0v) is 12.1. The fourth-order valence-electron chi connectivity index (χ4n) is 2.37. The van der Waals surface area contributed by atoms with Crippen molar-refractivity contribution < 1.29 is 27.9 Å². The molecule has 0 saturated carbocycles. The second kappa shape index (κ2) is 7.11. The molecule has 2 unspecified atom stereocenters. The van der Waals surface area contributed by atoms with Gasteiger partial charge in [-0.25, -0.2) is 0 Å². The standard InChI is InChI=1S/C13H21F3N2O3/c1-8(2)3-11(19)18-5-9(12(20)21)4-10(6-18)17-7-13(14,15)16/h8-10,17H,3-7H2,1-2H3,(H,20,21). The summed E-state index contributed by atoms with van der Waals surface area (Å²) in [5.41, 5.74) is 0. The molecule has 0 radical (unpaired) electrons. The van der Waals surface area contributed by atoms with E-state index in [2.05, 4.69) is 5.32 Å². The van der Waals surface area contributed by atoms with Gasteiger partial charge in [-0.1, -0.05) is 13.8 Å². The van der Waals surface area contributed by atoms with E-state index in [-0.39, 0.29) is 37.8 Å². The SMILES string of the molecule is CC(C)CC(=O)N1CC(NCC(F)(F)F)CC(C(=O)O)C1. The highest BCUT2D eigenvalue weighted by Gasteiger charge is 2.36. The first-order valence-corrected chi connectivity index (χ1v) is 6.89. The third-order valence-electron chi connectivity index (χ3n) is 3.33. The predicted octanol–water partition coefficient (Wildman–Crippen LogP) is 1.49. The molecule has 2 atom stereocenters. The van der Waals surface area contributed by atoms with Crippen molar-refractivity contribution in [2.24, 2.45) is 11.8 Å². The Hall–Kier alpha value is -1.31. The first-order valence-electron chi connectivity index (χ1n) is 6.89. The number of hydrogen-bond acceptors (Lipinski definition) is 3. The number of carbonyl (C=O) groups is 2. The van der Waals surface area contributed by atoms with Gasteiger partial charge in [-0.15, -0.1) is 0 Å². The quantitative estimate of drug-likeness (QED) is 0.807. The minimum Gasteiger partial charge on any atom is -0.481 e. The molecule has 1 saturated heterocycles. The van der Waals surface area contributed by atoms with E-state index in [1.54, 1.807) is 0 Å². The van der Waals surface area contributed by atoms with Crippen molar-refractivity contribution in [3.8, 4) is 0 Å². The van der Waals surface area contributed by atoms with E-state index in [1.807, 2.05) is 13.8 Å². The molecule has 0 aromatic rings. The summed E-state index contributed by atoms with van der Waals surface area (Å²) in [4.78, 5) is 24.5. The molecule has 1 amide bonds. The maximum absolute atomic E-state index is 12.2. The lowest BCUT2D eigenvalue weighted by atomic mass is 9.93. The summed E-state index contributed by atoms with van der Waals surface area (Å²) in [5, 5.41) is 11.4. The normalized spacial score (nSPS) is 23.4. The van der Waals surface area contributed by atoms with Gasteiger partial charge in [0.05, 0.1) is 12.5 Å². The Labute approximate surface area is 121 Å². The summed E-state index contributed by atoms with van der Waals surface area (Å²) < 4.78 is 36.7. The Morgan fingerprint density at radius 1 is 1.33 bits per heavy atom.